The van der Waals surface area contributed by atoms with Crippen LogP contribution in [-0.2, 0) is 4.79 Å². The number of carboxylic acid groups (broad SMARTS) is 1. The lowest BCUT2D eigenvalue weighted by Gasteiger charge is -2.36. The maximum absolute atomic E-state index is 11.2. The van der Waals surface area contributed by atoms with Crippen LogP contribution >= 0.6 is 0 Å². The van der Waals surface area contributed by atoms with Gasteiger partial charge in [0.25, 0.3) is 0 Å². The van der Waals surface area contributed by atoms with Crippen LogP contribution in [0.4, 0.5) is 17.1 Å². The van der Waals surface area contributed by atoms with E-state index in [1.165, 1.54) is 0 Å². The van der Waals surface area contributed by atoms with Crippen LogP contribution in [0.25, 0.3) is 0 Å². The van der Waals surface area contributed by atoms with E-state index in [1.807, 2.05) is 45.9 Å². The molecular formula is C23H32N4O4. The zero-order chi connectivity index (χ0) is 22.6. The Balaban J connectivity index is 1.96. The van der Waals surface area contributed by atoms with E-state index in [4.69, 9.17) is 4.74 Å². The molecule has 2 unspecified atom stereocenters. The minimum absolute atomic E-state index is 0.00748. The fraction of sp³-hybridized carbons (Fsp3) is 0.522. The van der Waals surface area contributed by atoms with Gasteiger partial charge in [0.05, 0.1) is 54.1 Å². The number of anilines is 3. The van der Waals surface area contributed by atoms with Crippen LogP contribution in [0.3, 0.4) is 0 Å². The fourth-order valence-electron chi connectivity index (χ4n) is 4.12. The van der Waals surface area contributed by atoms with Crippen LogP contribution in [0, 0.1) is 0 Å². The van der Waals surface area contributed by atoms with E-state index in [9.17, 15) is 15.0 Å². The Labute approximate surface area is 183 Å². The molecule has 2 aromatic rings. The summed E-state index contributed by atoms with van der Waals surface area (Å²) in [4.78, 5) is 21.9. The molecule has 0 aliphatic carbocycles. The van der Waals surface area contributed by atoms with Crippen LogP contribution in [0.15, 0.2) is 30.6 Å². The van der Waals surface area contributed by atoms with Gasteiger partial charge in [0.15, 0.2) is 0 Å². The molecule has 1 aliphatic heterocycles. The summed E-state index contributed by atoms with van der Waals surface area (Å²) < 4.78 is 5.31. The number of aliphatic carboxylic acids is 1. The third-order valence-electron chi connectivity index (χ3n) is 5.63. The van der Waals surface area contributed by atoms with E-state index in [2.05, 4.69) is 20.2 Å². The number of benzene rings is 1. The molecule has 1 saturated heterocycles. The summed E-state index contributed by atoms with van der Waals surface area (Å²) in [5, 5.41) is 23.3. The first-order valence-corrected chi connectivity index (χ1v) is 10.8. The SMILES string of the molecule is CCOc1ncc(Nc2cc(C(C)CC(=O)O)ccc2N2CCCC2C(C)(C)O)cn1. The van der Waals surface area contributed by atoms with Crippen molar-refractivity contribution >= 4 is 23.0 Å². The maximum Gasteiger partial charge on any atom is 0.316 e. The molecule has 0 spiro atoms. The first kappa shape index (κ1) is 22.8. The average molecular weight is 429 g/mol. The highest BCUT2D eigenvalue weighted by Crippen LogP contribution is 2.39. The Kier molecular flexibility index (Phi) is 7.00. The molecule has 2 heterocycles. The molecule has 3 rings (SSSR count). The van der Waals surface area contributed by atoms with Crippen molar-refractivity contribution in [3.05, 3.63) is 36.2 Å². The van der Waals surface area contributed by atoms with Gasteiger partial charge in [0.2, 0.25) is 0 Å². The van der Waals surface area contributed by atoms with Crippen molar-refractivity contribution in [1.82, 2.24) is 9.97 Å². The predicted molar refractivity (Wildman–Crippen MR) is 120 cm³/mol. The lowest BCUT2D eigenvalue weighted by Crippen LogP contribution is -2.46. The number of nitrogens with zero attached hydrogens (tertiary/aromatic N) is 3. The van der Waals surface area contributed by atoms with Gasteiger partial charge in [-0.3, -0.25) is 4.79 Å². The normalized spacial score (nSPS) is 17.5. The van der Waals surface area contributed by atoms with E-state index in [-0.39, 0.29) is 18.4 Å². The molecule has 0 radical (unpaired) electrons. The molecule has 0 bridgehead atoms. The number of hydrogen-bond acceptors (Lipinski definition) is 7. The van der Waals surface area contributed by atoms with Crippen LogP contribution in [0.1, 0.15) is 58.4 Å². The van der Waals surface area contributed by atoms with Gasteiger partial charge < -0.3 is 25.2 Å². The second-order valence-corrected chi connectivity index (χ2v) is 8.59. The molecule has 1 aromatic heterocycles. The molecule has 1 aliphatic rings. The van der Waals surface area contributed by atoms with Gasteiger partial charge in [-0.25, -0.2) is 9.97 Å². The van der Waals surface area contributed by atoms with E-state index < -0.39 is 11.6 Å². The van der Waals surface area contributed by atoms with Crippen LogP contribution in [0.5, 0.6) is 6.01 Å². The highest BCUT2D eigenvalue weighted by Gasteiger charge is 2.37. The smallest absolute Gasteiger partial charge is 0.316 e. The summed E-state index contributed by atoms with van der Waals surface area (Å²) in [5.74, 6) is -0.958. The van der Waals surface area contributed by atoms with Crippen molar-refractivity contribution in [2.24, 2.45) is 0 Å². The first-order chi connectivity index (χ1) is 14.7. The third-order valence-corrected chi connectivity index (χ3v) is 5.63. The van der Waals surface area contributed by atoms with Gasteiger partial charge in [-0.1, -0.05) is 13.0 Å². The summed E-state index contributed by atoms with van der Waals surface area (Å²) in [6.07, 6.45) is 5.28. The quantitative estimate of drug-likeness (QED) is 0.551. The largest absolute Gasteiger partial charge is 0.481 e. The van der Waals surface area contributed by atoms with Crippen molar-refractivity contribution < 1.29 is 19.7 Å². The molecule has 3 N–H and O–H groups in total. The predicted octanol–water partition coefficient (Wildman–Crippen LogP) is 3.94. The summed E-state index contributed by atoms with van der Waals surface area (Å²) in [6.45, 7) is 8.79. The van der Waals surface area contributed by atoms with Crippen molar-refractivity contribution in [3.8, 4) is 6.01 Å². The van der Waals surface area contributed by atoms with Crippen LogP contribution < -0.4 is 15.0 Å². The second kappa shape index (κ2) is 9.51. The summed E-state index contributed by atoms with van der Waals surface area (Å²) in [6, 6.07) is 6.28. The summed E-state index contributed by atoms with van der Waals surface area (Å²) in [5.41, 5.74) is 2.58. The van der Waals surface area contributed by atoms with Gasteiger partial charge in [-0.15, -0.1) is 0 Å². The van der Waals surface area contributed by atoms with E-state index in [0.29, 0.717) is 18.3 Å². The topological polar surface area (TPSA) is 108 Å². The minimum atomic E-state index is -0.842. The number of carboxylic acids is 1. The van der Waals surface area contributed by atoms with Gasteiger partial charge in [0.1, 0.15) is 0 Å². The number of aliphatic hydroxyl groups is 1. The van der Waals surface area contributed by atoms with Crippen LogP contribution in [-0.4, -0.2) is 50.9 Å². The Bertz CT molecular complexity index is 895. The van der Waals surface area contributed by atoms with Gasteiger partial charge in [-0.05, 0) is 57.2 Å². The number of ether oxygens (including phenoxy) is 1. The molecule has 1 fully saturated rings. The van der Waals surface area contributed by atoms with Gasteiger partial charge in [0, 0.05) is 6.54 Å². The molecule has 2 atom stereocenters. The molecular weight excluding hydrogens is 396 g/mol. The summed E-state index contributed by atoms with van der Waals surface area (Å²) >= 11 is 0. The Morgan fingerprint density at radius 3 is 2.68 bits per heavy atom. The summed E-state index contributed by atoms with van der Waals surface area (Å²) in [7, 11) is 0. The number of aromatic nitrogens is 2. The minimum Gasteiger partial charge on any atom is -0.481 e. The van der Waals surface area contributed by atoms with E-state index >= 15 is 0 Å². The first-order valence-electron chi connectivity index (χ1n) is 10.8. The second-order valence-electron chi connectivity index (χ2n) is 8.59. The molecule has 8 heteroatoms. The highest BCUT2D eigenvalue weighted by molar-refractivity contribution is 5.77. The van der Waals surface area contributed by atoms with Crippen molar-refractivity contribution in [1.29, 1.82) is 0 Å². The highest BCUT2D eigenvalue weighted by atomic mass is 16.5. The fourth-order valence-corrected chi connectivity index (χ4v) is 4.12. The Hall–Kier alpha value is -2.87. The number of carbonyl (C=O) groups is 1. The molecule has 0 saturated carbocycles. The molecule has 8 nitrogen and oxygen atoms in total. The lowest BCUT2D eigenvalue weighted by molar-refractivity contribution is -0.137. The van der Waals surface area contributed by atoms with Crippen molar-refractivity contribution in [3.63, 3.8) is 0 Å². The van der Waals surface area contributed by atoms with Gasteiger partial charge >= 0.3 is 12.0 Å². The van der Waals surface area contributed by atoms with Gasteiger partial charge in [-0.2, -0.15) is 0 Å². The van der Waals surface area contributed by atoms with Crippen molar-refractivity contribution in [2.45, 2.75) is 64.5 Å². The zero-order valence-electron chi connectivity index (χ0n) is 18.6. The molecule has 1 aromatic carbocycles. The van der Waals surface area contributed by atoms with Crippen molar-refractivity contribution in [2.75, 3.05) is 23.4 Å². The van der Waals surface area contributed by atoms with E-state index in [0.717, 1.165) is 36.3 Å². The molecule has 31 heavy (non-hydrogen) atoms. The van der Waals surface area contributed by atoms with E-state index in [1.54, 1.807) is 12.4 Å². The Morgan fingerprint density at radius 1 is 1.35 bits per heavy atom. The number of hydrogen-bond donors (Lipinski definition) is 3. The lowest BCUT2D eigenvalue weighted by atomic mass is 9.94. The zero-order valence-corrected chi connectivity index (χ0v) is 18.6. The van der Waals surface area contributed by atoms with Crippen LogP contribution in [0.2, 0.25) is 0 Å². The maximum atomic E-state index is 11.2. The standard InChI is InChI=1S/C23H32N4O4/c1-5-31-22-24-13-17(14-25-22)26-18-12-16(15(2)11-21(28)29)8-9-19(18)27-10-6-7-20(27)23(3,4)30/h8-9,12-15,20,26,30H,5-7,10-11H2,1-4H3,(H,28,29). The molecule has 0 amide bonds. The number of nitrogens with one attached hydrogen (secondary N) is 1. The molecule has 168 valence electrons. The Morgan fingerprint density at radius 2 is 2.06 bits per heavy atom. The number of rotatable bonds is 9. The average Bonchev–Trinajstić information content (AvgIpc) is 3.19. The third kappa shape index (κ3) is 5.64. The monoisotopic (exact) mass is 428 g/mol.